The molecule has 0 radical (unpaired) electrons. The first-order valence-electron chi connectivity index (χ1n) is 6.81. The van der Waals surface area contributed by atoms with E-state index in [4.69, 9.17) is 9.47 Å². The van der Waals surface area contributed by atoms with E-state index in [0.717, 1.165) is 24.5 Å². The van der Waals surface area contributed by atoms with E-state index in [0.29, 0.717) is 6.04 Å². The van der Waals surface area contributed by atoms with Crippen molar-refractivity contribution in [3.63, 3.8) is 0 Å². The molecule has 0 saturated carbocycles. The van der Waals surface area contributed by atoms with Gasteiger partial charge in [0.1, 0.15) is 6.04 Å². The number of hydrogen-bond acceptors (Lipinski definition) is 3. The third-order valence-corrected chi connectivity index (χ3v) is 3.86. The van der Waals surface area contributed by atoms with Crippen molar-refractivity contribution in [1.29, 1.82) is 0 Å². The number of fused-ring (bicyclic) bond motifs is 1. The molecule has 1 aliphatic heterocycles. The minimum atomic E-state index is 0. The SMILES string of the molecule is COc1cc2c(cc1OC)C(c1ccncc1)[NH2+]CC2.Cl.[Cl-]. The van der Waals surface area contributed by atoms with Crippen LogP contribution in [0.4, 0.5) is 0 Å². The molecule has 0 spiro atoms. The molecule has 2 aromatic rings. The van der Waals surface area contributed by atoms with Crippen LogP contribution in [0, 0.1) is 0 Å². The molecule has 1 aliphatic rings. The first-order chi connectivity index (χ1) is 9.83. The maximum Gasteiger partial charge on any atom is 0.161 e. The van der Waals surface area contributed by atoms with Gasteiger partial charge in [-0.1, -0.05) is 0 Å². The van der Waals surface area contributed by atoms with Crippen LogP contribution in [0.1, 0.15) is 22.7 Å². The van der Waals surface area contributed by atoms with Gasteiger partial charge >= 0.3 is 0 Å². The maximum atomic E-state index is 5.44. The second kappa shape index (κ2) is 8.22. The number of nitrogens with zero attached hydrogens (tertiary/aromatic N) is 1. The van der Waals surface area contributed by atoms with Crippen LogP contribution in [0.3, 0.4) is 0 Å². The highest BCUT2D eigenvalue weighted by molar-refractivity contribution is 5.85. The van der Waals surface area contributed by atoms with Crippen LogP contribution in [0.2, 0.25) is 0 Å². The van der Waals surface area contributed by atoms with E-state index >= 15 is 0 Å². The van der Waals surface area contributed by atoms with Gasteiger partial charge in [-0.2, -0.15) is 0 Å². The molecule has 22 heavy (non-hydrogen) atoms. The van der Waals surface area contributed by atoms with Gasteiger partial charge in [-0.3, -0.25) is 4.98 Å². The molecule has 2 heterocycles. The topological polar surface area (TPSA) is 48.0 Å². The van der Waals surface area contributed by atoms with Crippen molar-refractivity contribution in [2.45, 2.75) is 12.5 Å². The number of ether oxygens (including phenoxy) is 2. The lowest BCUT2D eigenvalue weighted by Gasteiger charge is -2.25. The Bertz CT molecular complexity index is 609. The Morgan fingerprint density at radius 1 is 1.09 bits per heavy atom. The number of aromatic nitrogens is 1. The van der Waals surface area contributed by atoms with Crippen LogP contribution in [0.5, 0.6) is 11.5 Å². The molecular formula is C16H20Cl2N2O2. The van der Waals surface area contributed by atoms with Gasteiger partial charge in [-0.25, -0.2) is 0 Å². The Morgan fingerprint density at radius 3 is 2.36 bits per heavy atom. The molecule has 1 atom stereocenters. The number of hydrogen-bond donors (Lipinski definition) is 1. The maximum absolute atomic E-state index is 5.44. The summed E-state index contributed by atoms with van der Waals surface area (Å²) in [6.45, 7) is 1.08. The van der Waals surface area contributed by atoms with Gasteiger partial charge in [0.2, 0.25) is 0 Å². The number of rotatable bonds is 3. The van der Waals surface area contributed by atoms with E-state index < -0.39 is 0 Å². The molecule has 3 rings (SSSR count). The lowest BCUT2D eigenvalue weighted by atomic mass is 9.90. The summed E-state index contributed by atoms with van der Waals surface area (Å²) in [5.74, 6) is 1.60. The minimum absolute atomic E-state index is 0. The van der Waals surface area contributed by atoms with Crippen molar-refractivity contribution in [3.8, 4) is 11.5 Å². The summed E-state index contributed by atoms with van der Waals surface area (Å²) in [6, 6.07) is 8.67. The van der Waals surface area contributed by atoms with E-state index in [2.05, 4.69) is 34.6 Å². The lowest BCUT2D eigenvalue weighted by Crippen LogP contribution is -3.00. The Morgan fingerprint density at radius 2 is 1.73 bits per heavy atom. The Hall–Kier alpha value is -1.49. The van der Waals surface area contributed by atoms with Crippen LogP contribution >= 0.6 is 12.4 Å². The second-order valence-corrected chi connectivity index (χ2v) is 4.94. The van der Waals surface area contributed by atoms with E-state index in [1.165, 1.54) is 16.7 Å². The summed E-state index contributed by atoms with van der Waals surface area (Å²) in [5, 5.41) is 2.36. The molecule has 0 saturated heterocycles. The molecule has 1 aromatic heterocycles. The molecule has 1 unspecified atom stereocenters. The zero-order valence-electron chi connectivity index (χ0n) is 12.6. The Kier molecular flexibility index (Phi) is 6.94. The molecule has 4 nitrogen and oxygen atoms in total. The monoisotopic (exact) mass is 342 g/mol. The van der Waals surface area contributed by atoms with Gasteiger partial charge in [-0.05, 0) is 29.8 Å². The summed E-state index contributed by atoms with van der Waals surface area (Å²) in [5.41, 5.74) is 3.92. The van der Waals surface area contributed by atoms with Gasteiger partial charge in [0.05, 0.1) is 20.8 Å². The molecular weight excluding hydrogens is 323 g/mol. The number of quaternary nitrogens is 1. The Labute approximate surface area is 143 Å². The van der Waals surface area contributed by atoms with Crippen LogP contribution < -0.4 is 27.2 Å². The number of nitrogens with two attached hydrogens (primary N) is 1. The predicted molar refractivity (Wildman–Crippen MR) is 83.4 cm³/mol. The summed E-state index contributed by atoms with van der Waals surface area (Å²) in [6.07, 6.45) is 4.74. The fourth-order valence-corrected chi connectivity index (χ4v) is 2.86. The van der Waals surface area contributed by atoms with E-state index in [1.807, 2.05) is 12.4 Å². The number of methoxy groups -OCH3 is 2. The quantitative estimate of drug-likeness (QED) is 0.757. The smallest absolute Gasteiger partial charge is 0.161 e. The highest BCUT2D eigenvalue weighted by Crippen LogP contribution is 2.35. The highest BCUT2D eigenvalue weighted by Gasteiger charge is 2.26. The number of halogens is 2. The first kappa shape index (κ1) is 18.6. The normalized spacial score (nSPS) is 15.8. The van der Waals surface area contributed by atoms with Crippen LogP contribution in [0.25, 0.3) is 0 Å². The average Bonchev–Trinajstić information content (AvgIpc) is 2.53. The standard InChI is InChI=1S/C16H18N2O2.2ClH/c1-19-14-9-12-5-8-18-16(11-3-6-17-7-4-11)13(12)10-15(14)20-2;;/h3-4,6-7,9-10,16,18H,5,8H2,1-2H3;2*1H. The third-order valence-electron chi connectivity index (χ3n) is 3.86. The lowest BCUT2D eigenvalue weighted by molar-refractivity contribution is -0.690. The van der Waals surface area contributed by atoms with E-state index in [-0.39, 0.29) is 24.8 Å². The van der Waals surface area contributed by atoms with Crippen molar-refractivity contribution < 1.29 is 27.2 Å². The van der Waals surface area contributed by atoms with Gasteiger partial charge < -0.3 is 27.2 Å². The van der Waals surface area contributed by atoms with Crippen molar-refractivity contribution >= 4 is 12.4 Å². The summed E-state index contributed by atoms with van der Waals surface area (Å²) < 4.78 is 10.8. The molecule has 0 aliphatic carbocycles. The molecule has 1 aromatic carbocycles. The van der Waals surface area contributed by atoms with Gasteiger partial charge in [0, 0.05) is 29.9 Å². The molecule has 0 fully saturated rings. The fraction of sp³-hybridized carbons (Fsp3) is 0.312. The Balaban J connectivity index is 0.00000121. The zero-order chi connectivity index (χ0) is 13.9. The second-order valence-electron chi connectivity index (χ2n) is 4.94. The van der Waals surface area contributed by atoms with Crippen molar-refractivity contribution in [2.24, 2.45) is 0 Å². The van der Waals surface area contributed by atoms with Gasteiger partial charge in [0.15, 0.2) is 11.5 Å². The predicted octanol–water partition coefficient (Wildman–Crippen LogP) is -1.27. The molecule has 0 bridgehead atoms. The van der Waals surface area contributed by atoms with Gasteiger partial charge in [0.25, 0.3) is 0 Å². The van der Waals surface area contributed by atoms with Crippen LogP contribution in [0.15, 0.2) is 36.7 Å². The molecule has 2 N–H and O–H groups in total. The first-order valence-corrected chi connectivity index (χ1v) is 6.81. The van der Waals surface area contributed by atoms with Crippen molar-refractivity contribution in [2.75, 3.05) is 20.8 Å². The summed E-state index contributed by atoms with van der Waals surface area (Å²) >= 11 is 0. The number of benzene rings is 1. The largest absolute Gasteiger partial charge is 1.00 e. The molecule has 0 amide bonds. The molecule has 6 heteroatoms. The average molecular weight is 343 g/mol. The van der Waals surface area contributed by atoms with Crippen molar-refractivity contribution in [1.82, 2.24) is 4.98 Å². The zero-order valence-corrected chi connectivity index (χ0v) is 14.2. The summed E-state index contributed by atoms with van der Waals surface area (Å²) in [7, 11) is 3.36. The fourth-order valence-electron chi connectivity index (χ4n) is 2.86. The minimum Gasteiger partial charge on any atom is -1.00 e. The van der Waals surface area contributed by atoms with Gasteiger partial charge in [-0.15, -0.1) is 12.4 Å². The van der Waals surface area contributed by atoms with Crippen LogP contribution in [-0.4, -0.2) is 25.7 Å². The molecule has 120 valence electrons. The van der Waals surface area contributed by atoms with Crippen molar-refractivity contribution in [3.05, 3.63) is 53.3 Å². The highest BCUT2D eigenvalue weighted by atomic mass is 35.5. The summed E-state index contributed by atoms with van der Waals surface area (Å²) in [4.78, 5) is 4.10. The third kappa shape index (κ3) is 3.46. The number of pyridine rings is 1. The van der Waals surface area contributed by atoms with Crippen LogP contribution in [-0.2, 0) is 6.42 Å². The van der Waals surface area contributed by atoms with E-state index in [1.54, 1.807) is 14.2 Å². The van der Waals surface area contributed by atoms with E-state index in [9.17, 15) is 0 Å².